The Balaban J connectivity index is 1.86. The molecule has 0 atom stereocenters. The number of nitrogens with one attached hydrogen (secondary N) is 2. The number of carbonyl (C=O) groups is 1. The molecule has 0 radical (unpaired) electrons. The molecule has 2 N–H and O–H groups in total. The van der Waals surface area contributed by atoms with Crippen molar-refractivity contribution in [3.05, 3.63) is 21.8 Å². The van der Waals surface area contributed by atoms with Crippen molar-refractivity contribution in [1.82, 2.24) is 0 Å². The van der Waals surface area contributed by atoms with Gasteiger partial charge in [0.2, 0.25) is 5.91 Å². The number of hydrogen-bond acceptors (Lipinski definition) is 2. The summed E-state index contributed by atoms with van der Waals surface area (Å²) in [5.74, 6) is 0.940. The first-order valence-electron chi connectivity index (χ1n) is 7.02. The highest BCUT2D eigenvalue weighted by atomic mass is 127. The topological polar surface area (TPSA) is 41.1 Å². The van der Waals surface area contributed by atoms with Crippen molar-refractivity contribution >= 4 is 39.9 Å². The summed E-state index contributed by atoms with van der Waals surface area (Å²) >= 11 is 2.27. The maximum absolute atomic E-state index is 12.5. The van der Waals surface area contributed by atoms with E-state index in [1.54, 1.807) is 0 Å². The molecule has 1 amide bonds. The molecule has 19 heavy (non-hydrogen) atoms. The monoisotopic (exact) mass is 370 g/mol. The Morgan fingerprint density at radius 1 is 1.32 bits per heavy atom. The SMILES string of the molecule is CCC1CCC2(CC1)Nc1ccc(I)cc1NC2=O. The van der Waals surface area contributed by atoms with E-state index in [0.717, 1.165) is 46.5 Å². The number of benzene rings is 1. The second kappa shape index (κ2) is 4.96. The Kier molecular flexibility index (Phi) is 3.45. The van der Waals surface area contributed by atoms with E-state index >= 15 is 0 Å². The van der Waals surface area contributed by atoms with Crippen molar-refractivity contribution in [1.29, 1.82) is 0 Å². The van der Waals surface area contributed by atoms with Crippen LogP contribution in [-0.4, -0.2) is 11.4 Å². The Labute approximate surface area is 127 Å². The Bertz CT molecular complexity index is 507. The Morgan fingerprint density at radius 3 is 2.74 bits per heavy atom. The minimum Gasteiger partial charge on any atom is -0.370 e. The summed E-state index contributed by atoms with van der Waals surface area (Å²) < 4.78 is 1.14. The number of carbonyl (C=O) groups excluding carboxylic acids is 1. The normalized spacial score (nSPS) is 29.6. The van der Waals surface area contributed by atoms with Crippen molar-refractivity contribution in [2.45, 2.75) is 44.6 Å². The van der Waals surface area contributed by atoms with Crippen LogP contribution in [0.3, 0.4) is 0 Å². The van der Waals surface area contributed by atoms with E-state index in [1.807, 2.05) is 6.07 Å². The van der Waals surface area contributed by atoms with Crippen molar-refractivity contribution < 1.29 is 4.79 Å². The fourth-order valence-electron chi connectivity index (χ4n) is 3.22. The van der Waals surface area contributed by atoms with Gasteiger partial charge in [0, 0.05) is 3.57 Å². The molecule has 3 nitrogen and oxygen atoms in total. The average Bonchev–Trinajstić information content (AvgIpc) is 2.42. The maximum atomic E-state index is 12.5. The second-order valence-electron chi connectivity index (χ2n) is 5.70. The summed E-state index contributed by atoms with van der Waals surface area (Å²) in [6.45, 7) is 2.24. The van der Waals surface area contributed by atoms with Crippen LogP contribution in [0.5, 0.6) is 0 Å². The predicted octanol–water partition coefficient (Wildman–Crippen LogP) is 3.99. The molecule has 1 aromatic rings. The lowest BCUT2D eigenvalue weighted by molar-refractivity contribution is -0.121. The van der Waals surface area contributed by atoms with Gasteiger partial charge in [0.1, 0.15) is 5.54 Å². The van der Waals surface area contributed by atoms with Crippen LogP contribution >= 0.6 is 22.6 Å². The fraction of sp³-hybridized carbons (Fsp3) is 0.533. The number of anilines is 2. The first-order valence-corrected chi connectivity index (χ1v) is 8.10. The summed E-state index contributed by atoms with van der Waals surface area (Å²) in [6, 6.07) is 6.17. The number of fused-ring (bicyclic) bond motifs is 1. The highest BCUT2D eigenvalue weighted by molar-refractivity contribution is 14.1. The predicted molar refractivity (Wildman–Crippen MR) is 86.4 cm³/mol. The summed E-state index contributed by atoms with van der Waals surface area (Å²) in [5.41, 5.74) is 1.61. The standard InChI is InChI=1S/C15H19IN2O/c1-2-10-5-7-15(8-6-10)14(19)17-13-9-11(16)3-4-12(13)18-15/h3-4,9-10,18H,2,5-8H2,1H3,(H,17,19). The third-order valence-electron chi connectivity index (χ3n) is 4.57. The molecule has 102 valence electrons. The summed E-state index contributed by atoms with van der Waals surface area (Å²) in [6.07, 6.45) is 5.42. The van der Waals surface area contributed by atoms with Gasteiger partial charge in [-0.3, -0.25) is 4.79 Å². The van der Waals surface area contributed by atoms with Crippen molar-refractivity contribution in [2.24, 2.45) is 5.92 Å². The molecule has 1 saturated carbocycles. The molecule has 1 aromatic carbocycles. The Hall–Kier alpha value is -0.780. The average molecular weight is 370 g/mol. The van der Waals surface area contributed by atoms with Crippen LogP contribution in [0.15, 0.2) is 18.2 Å². The lowest BCUT2D eigenvalue weighted by atomic mass is 9.74. The van der Waals surface area contributed by atoms with Crippen LogP contribution < -0.4 is 10.6 Å². The van der Waals surface area contributed by atoms with Gasteiger partial charge in [-0.2, -0.15) is 0 Å². The van der Waals surface area contributed by atoms with E-state index in [2.05, 4.69) is 52.3 Å². The van der Waals surface area contributed by atoms with Gasteiger partial charge in [0.25, 0.3) is 0 Å². The highest BCUT2D eigenvalue weighted by Gasteiger charge is 2.44. The highest BCUT2D eigenvalue weighted by Crippen LogP contribution is 2.41. The zero-order valence-corrected chi connectivity index (χ0v) is 13.3. The fourth-order valence-corrected chi connectivity index (χ4v) is 3.71. The molecule has 4 heteroatoms. The molecule has 0 saturated heterocycles. The van der Waals surface area contributed by atoms with E-state index in [0.29, 0.717) is 0 Å². The molecule has 3 rings (SSSR count). The molecular formula is C15H19IN2O. The molecule has 1 aliphatic carbocycles. The zero-order valence-electron chi connectivity index (χ0n) is 11.1. The van der Waals surface area contributed by atoms with Crippen molar-refractivity contribution in [3.8, 4) is 0 Å². The maximum Gasteiger partial charge on any atom is 0.250 e. The van der Waals surface area contributed by atoms with Crippen LogP contribution in [0.1, 0.15) is 39.0 Å². The zero-order chi connectivity index (χ0) is 13.5. The molecule has 1 heterocycles. The van der Waals surface area contributed by atoms with Crippen LogP contribution in [0.2, 0.25) is 0 Å². The molecule has 1 spiro atoms. The lowest BCUT2D eigenvalue weighted by Crippen LogP contribution is -2.54. The smallest absolute Gasteiger partial charge is 0.250 e. The van der Waals surface area contributed by atoms with E-state index in [-0.39, 0.29) is 11.4 Å². The third kappa shape index (κ3) is 2.35. The van der Waals surface area contributed by atoms with Crippen molar-refractivity contribution in [2.75, 3.05) is 10.6 Å². The van der Waals surface area contributed by atoms with E-state index in [1.165, 1.54) is 6.42 Å². The van der Waals surface area contributed by atoms with Crippen LogP contribution in [0, 0.1) is 9.49 Å². The van der Waals surface area contributed by atoms with Gasteiger partial charge >= 0.3 is 0 Å². The summed E-state index contributed by atoms with van der Waals surface area (Å²) in [7, 11) is 0. The van der Waals surface area contributed by atoms with E-state index in [9.17, 15) is 4.79 Å². The van der Waals surface area contributed by atoms with Gasteiger partial charge in [-0.05, 0) is 72.4 Å². The lowest BCUT2D eigenvalue weighted by Gasteiger charge is -2.43. The van der Waals surface area contributed by atoms with Crippen LogP contribution in [-0.2, 0) is 4.79 Å². The largest absolute Gasteiger partial charge is 0.370 e. The summed E-state index contributed by atoms with van der Waals surface area (Å²) in [4.78, 5) is 12.5. The van der Waals surface area contributed by atoms with Crippen LogP contribution in [0.25, 0.3) is 0 Å². The van der Waals surface area contributed by atoms with Gasteiger partial charge in [-0.15, -0.1) is 0 Å². The van der Waals surface area contributed by atoms with Gasteiger partial charge in [-0.1, -0.05) is 13.3 Å². The Morgan fingerprint density at radius 2 is 2.05 bits per heavy atom. The second-order valence-corrected chi connectivity index (χ2v) is 6.95. The third-order valence-corrected chi connectivity index (χ3v) is 5.25. The molecular weight excluding hydrogens is 351 g/mol. The number of rotatable bonds is 1. The number of halogens is 1. The van der Waals surface area contributed by atoms with Gasteiger partial charge < -0.3 is 10.6 Å². The first kappa shape index (κ1) is 13.2. The minimum atomic E-state index is -0.370. The molecule has 1 fully saturated rings. The number of amides is 1. The van der Waals surface area contributed by atoms with Gasteiger partial charge in [0.05, 0.1) is 11.4 Å². The molecule has 0 bridgehead atoms. The first-order chi connectivity index (χ1) is 9.13. The van der Waals surface area contributed by atoms with E-state index < -0.39 is 0 Å². The quantitative estimate of drug-likeness (QED) is 0.734. The molecule has 0 aromatic heterocycles. The number of hydrogen-bond donors (Lipinski definition) is 2. The van der Waals surface area contributed by atoms with E-state index in [4.69, 9.17) is 0 Å². The van der Waals surface area contributed by atoms with Crippen LogP contribution in [0.4, 0.5) is 11.4 Å². The van der Waals surface area contributed by atoms with Crippen molar-refractivity contribution in [3.63, 3.8) is 0 Å². The van der Waals surface area contributed by atoms with Gasteiger partial charge in [-0.25, -0.2) is 0 Å². The molecule has 0 unspecified atom stereocenters. The minimum absolute atomic E-state index is 0.150. The molecule has 2 aliphatic rings. The summed E-state index contributed by atoms with van der Waals surface area (Å²) in [5, 5.41) is 6.61. The van der Waals surface area contributed by atoms with Gasteiger partial charge in [0.15, 0.2) is 0 Å². The molecule has 1 aliphatic heterocycles.